The van der Waals surface area contributed by atoms with Gasteiger partial charge in [-0.15, -0.1) is 0 Å². The van der Waals surface area contributed by atoms with Gasteiger partial charge in [-0.3, -0.25) is 4.79 Å². The van der Waals surface area contributed by atoms with Crippen LogP contribution in [0.3, 0.4) is 0 Å². The Morgan fingerprint density at radius 1 is 1.35 bits per heavy atom. The molecule has 1 aliphatic heterocycles. The molecule has 4 atom stereocenters. The van der Waals surface area contributed by atoms with E-state index in [1.54, 1.807) is 12.1 Å². The van der Waals surface area contributed by atoms with Crippen molar-refractivity contribution in [2.75, 3.05) is 0 Å². The Hall–Kier alpha value is -1.42. The molecule has 1 aliphatic carbocycles. The van der Waals surface area contributed by atoms with Gasteiger partial charge in [-0.05, 0) is 25.3 Å². The van der Waals surface area contributed by atoms with Gasteiger partial charge < -0.3 is 10.1 Å². The molecule has 1 N–H and O–H groups in total. The molecule has 1 aromatic rings. The number of carbonyl (C=O) groups excluding carboxylic acids is 1. The van der Waals surface area contributed by atoms with E-state index >= 15 is 0 Å². The van der Waals surface area contributed by atoms with Gasteiger partial charge in [0.25, 0.3) is 0 Å². The number of nitrogens with one attached hydrogen (secondary N) is 1. The summed E-state index contributed by atoms with van der Waals surface area (Å²) in [5.41, 5.74) is 0.605. The van der Waals surface area contributed by atoms with Crippen LogP contribution in [-0.4, -0.2) is 18.1 Å². The molecule has 3 nitrogen and oxygen atoms in total. The SMILES string of the molecule is CC(=O)N[C@@H]1C[C@H](c2ccccc2F)O[C@@H]2CCC[C@@H]12. The van der Waals surface area contributed by atoms with Crippen LogP contribution in [0.1, 0.15) is 44.3 Å². The first-order valence-corrected chi connectivity index (χ1v) is 7.32. The Bertz CT molecular complexity index is 505. The molecule has 0 unspecified atom stereocenters. The van der Waals surface area contributed by atoms with Crippen molar-refractivity contribution in [3.05, 3.63) is 35.6 Å². The number of hydrogen-bond donors (Lipinski definition) is 1. The number of hydrogen-bond acceptors (Lipinski definition) is 2. The number of amides is 1. The lowest BCUT2D eigenvalue weighted by molar-refractivity contribution is -0.124. The van der Waals surface area contributed by atoms with E-state index in [0.29, 0.717) is 17.9 Å². The van der Waals surface area contributed by atoms with Crippen molar-refractivity contribution in [3.8, 4) is 0 Å². The molecule has 0 radical (unpaired) electrons. The molecule has 2 aliphatic rings. The van der Waals surface area contributed by atoms with Crippen LogP contribution in [0.25, 0.3) is 0 Å². The number of fused-ring (bicyclic) bond motifs is 1. The van der Waals surface area contributed by atoms with Crippen molar-refractivity contribution >= 4 is 5.91 Å². The molecule has 0 bridgehead atoms. The zero-order valence-electron chi connectivity index (χ0n) is 11.6. The van der Waals surface area contributed by atoms with Gasteiger partial charge in [0.15, 0.2) is 0 Å². The highest BCUT2D eigenvalue weighted by atomic mass is 19.1. The van der Waals surface area contributed by atoms with E-state index < -0.39 is 0 Å². The fourth-order valence-electron chi connectivity index (χ4n) is 3.62. The first-order valence-electron chi connectivity index (χ1n) is 7.32. The maximum atomic E-state index is 13.9. The van der Waals surface area contributed by atoms with Crippen molar-refractivity contribution in [1.29, 1.82) is 0 Å². The lowest BCUT2D eigenvalue weighted by atomic mass is 9.86. The highest BCUT2D eigenvalue weighted by Crippen LogP contribution is 2.42. The molecule has 2 fully saturated rings. The molecule has 1 saturated carbocycles. The normalized spacial score (nSPS) is 32.7. The maximum absolute atomic E-state index is 13.9. The summed E-state index contributed by atoms with van der Waals surface area (Å²) < 4.78 is 20.0. The van der Waals surface area contributed by atoms with E-state index in [0.717, 1.165) is 19.3 Å². The molecular weight excluding hydrogens is 257 g/mol. The predicted octanol–water partition coefficient (Wildman–Crippen LogP) is 2.96. The molecule has 20 heavy (non-hydrogen) atoms. The first kappa shape index (κ1) is 13.6. The average Bonchev–Trinajstić information content (AvgIpc) is 2.87. The van der Waals surface area contributed by atoms with Crippen LogP contribution >= 0.6 is 0 Å². The van der Waals surface area contributed by atoms with E-state index in [1.807, 2.05) is 6.07 Å². The number of benzene rings is 1. The minimum atomic E-state index is -0.257. The number of ether oxygens (including phenoxy) is 1. The molecule has 1 heterocycles. The number of halogens is 1. The number of carbonyl (C=O) groups is 1. The monoisotopic (exact) mass is 277 g/mol. The summed E-state index contributed by atoms with van der Waals surface area (Å²) in [5, 5.41) is 3.03. The Kier molecular flexibility index (Phi) is 3.74. The second kappa shape index (κ2) is 5.52. The summed E-state index contributed by atoms with van der Waals surface area (Å²) in [4.78, 5) is 11.4. The zero-order chi connectivity index (χ0) is 14.1. The zero-order valence-corrected chi connectivity index (χ0v) is 11.6. The van der Waals surface area contributed by atoms with Crippen LogP contribution in [0, 0.1) is 11.7 Å². The van der Waals surface area contributed by atoms with Gasteiger partial charge in [-0.25, -0.2) is 4.39 Å². The molecule has 1 amide bonds. The minimum Gasteiger partial charge on any atom is -0.370 e. The van der Waals surface area contributed by atoms with Crippen LogP contribution in [0.4, 0.5) is 4.39 Å². The molecule has 0 aromatic heterocycles. The van der Waals surface area contributed by atoms with E-state index in [1.165, 1.54) is 13.0 Å². The molecule has 3 rings (SSSR count). The molecule has 0 spiro atoms. The Balaban J connectivity index is 1.83. The van der Waals surface area contributed by atoms with Gasteiger partial charge in [0.1, 0.15) is 5.82 Å². The van der Waals surface area contributed by atoms with Crippen molar-refractivity contribution in [1.82, 2.24) is 5.32 Å². The van der Waals surface area contributed by atoms with Crippen LogP contribution < -0.4 is 5.32 Å². The summed E-state index contributed by atoms with van der Waals surface area (Å²) >= 11 is 0. The molecule has 1 aromatic carbocycles. The summed E-state index contributed by atoms with van der Waals surface area (Å²) in [7, 11) is 0. The smallest absolute Gasteiger partial charge is 0.217 e. The van der Waals surface area contributed by atoms with Gasteiger partial charge in [0.05, 0.1) is 12.2 Å². The largest absolute Gasteiger partial charge is 0.370 e. The summed E-state index contributed by atoms with van der Waals surface area (Å²) in [6, 6.07) is 6.85. The second-order valence-corrected chi connectivity index (χ2v) is 5.82. The highest BCUT2D eigenvalue weighted by molar-refractivity contribution is 5.73. The Labute approximate surface area is 118 Å². The van der Waals surface area contributed by atoms with Gasteiger partial charge in [-0.1, -0.05) is 24.6 Å². The molecule has 1 saturated heterocycles. The summed E-state index contributed by atoms with van der Waals surface area (Å²) in [6.45, 7) is 1.54. The van der Waals surface area contributed by atoms with Gasteiger partial charge in [0.2, 0.25) is 5.91 Å². The fraction of sp³-hybridized carbons (Fsp3) is 0.562. The molecular formula is C16H20FNO2. The highest BCUT2D eigenvalue weighted by Gasteiger charge is 2.42. The third kappa shape index (κ3) is 2.57. The van der Waals surface area contributed by atoms with Crippen molar-refractivity contribution in [3.63, 3.8) is 0 Å². The Morgan fingerprint density at radius 3 is 2.90 bits per heavy atom. The van der Waals surface area contributed by atoms with Crippen molar-refractivity contribution in [2.24, 2.45) is 5.92 Å². The predicted molar refractivity (Wildman–Crippen MR) is 73.6 cm³/mol. The second-order valence-electron chi connectivity index (χ2n) is 5.82. The van der Waals surface area contributed by atoms with Crippen LogP contribution in [0.5, 0.6) is 0 Å². The van der Waals surface area contributed by atoms with Gasteiger partial charge in [0, 0.05) is 24.4 Å². The first-order chi connectivity index (χ1) is 9.65. The fourth-order valence-corrected chi connectivity index (χ4v) is 3.62. The summed E-state index contributed by atoms with van der Waals surface area (Å²) in [6.07, 6.45) is 3.75. The maximum Gasteiger partial charge on any atom is 0.217 e. The van der Waals surface area contributed by atoms with E-state index in [9.17, 15) is 9.18 Å². The Morgan fingerprint density at radius 2 is 2.15 bits per heavy atom. The minimum absolute atomic E-state index is 0.0187. The lowest BCUT2D eigenvalue weighted by Gasteiger charge is -2.39. The summed E-state index contributed by atoms with van der Waals surface area (Å²) in [5.74, 6) is 0.132. The van der Waals surface area contributed by atoms with E-state index in [-0.39, 0.29) is 30.0 Å². The van der Waals surface area contributed by atoms with Gasteiger partial charge >= 0.3 is 0 Å². The molecule has 108 valence electrons. The van der Waals surface area contributed by atoms with Crippen LogP contribution in [0.15, 0.2) is 24.3 Å². The third-order valence-corrected chi connectivity index (χ3v) is 4.47. The van der Waals surface area contributed by atoms with Crippen molar-refractivity contribution in [2.45, 2.75) is 50.9 Å². The standard InChI is InChI=1S/C16H20FNO2/c1-10(19)18-14-9-16(11-5-2-3-7-13(11)17)20-15-8-4-6-12(14)15/h2-3,5,7,12,14-16H,4,6,8-9H2,1H3,(H,18,19)/t12-,14+,15+,16+/m0/s1. The molecule has 4 heteroatoms. The van der Waals surface area contributed by atoms with E-state index in [4.69, 9.17) is 4.74 Å². The average molecular weight is 277 g/mol. The third-order valence-electron chi connectivity index (χ3n) is 4.47. The van der Waals surface area contributed by atoms with E-state index in [2.05, 4.69) is 5.32 Å². The van der Waals surface area contributed by atoms with Gasteiger partial charge in [-0.2, -0.15) is 0 Å². The number of rotatable bonds is 2. The quantitative estimate of drug-likeness (QED) is 0.902. The topological polar surface area (TPSA) is 38.3 Å². The van der Waals surface area contributed by atoms with Crippen LogP contribution in [-0.2, 0) is 9.53 Å². The van der Waals surface area contributed by atoms with Crippen LogP contribution in [0.2, 0.25) is 0 Å². The van der Waals surface area contributed by atoms with Crippen molar-refractivity contribution < 1.29 is 13.9 Å². The lowest BCUT2D eigenvalue weighted by Crippen LogP contribution is -2.47.